The molecule has 7 nitrogen and oxygen atoms in total. The van der Waals surface area contributed by atoms with Crippen LogP contribution in [0, 0.1) is 11.8 Å². The van der Waals surface area contributed by atoms with Gasteiger partial charge in [-0.1, -0.05) is 45.7 Å². The zero-order valence-corrected chi connectivity index (χ0v) is 17.7. The molecule has 3 atom stereocenters. The van der Waals surface area contributed by atoms with Gasteiger partial charge in [-0.25, -0.2) is 4.79 Å². The van der Waals surface area contributed by atoms with Crippen molar-refractivity contribution in [2.75, 3.05) is 13.7 Å². The first-order valence-corrected chi connectivity index (χ1v) is 10.2. The number of carbonyl (C=O) groups is 3. The minimum Gasteiger partial charge on any atom is -0.496 e. The standard InChI is InChI=1S/C22H32N2O5/c1-14(2)20(24-21(26)16-10-6-8-12-18(16)28-4)22(27)29-13-19(25)23-17-11-7-5-9-15(17)3/h6,8,10,12,14-15,17,20H,5,7,9,11,13H2,1-4H3,(H,23,25)(H,24,26)/t15-,17+,20-/m0/s1. The number of ether oxygens (including phenoxy) is 2. The highest BCUT2D eigenvalue weighted by Crippen LogP contribution is 2.23. The van der Waals surface area contributed by atoms with E-state index in [1.54, 1.807) is 38.1 Å². The Kier molecular flexibility index (Phi) is 8.49. The fourth-order valence-corrected chi connectivity index (χ4v) is 3.55. The van der Waals surface area contributed by atoms with Crippen molar-refractivity contribution in [1.82, 2.24) is 10.6 Å². The molecule has 1 aromatic carbocycles. The largest absolute Gasteiger partial charge is 0.496 e. The van der Waals surface area contributed by atoms with Gasteiger partial charge in [-0.2, -0.15) is 0 Å². The first-order valence-electron chi connectivity index (χ1n) is 10.2. The Balaban J connectivity index is 1.91. The summed E-state index contributed by atoms with van der Waals surface area (Å²) in [5.74, 6) is -0.735. The molecule has 2 amide bonds. The number of hydrogen-bond donors (Lipinski definition) is 2. The summed E-state index contributed by atoms with van der Waals surface area (Å²) < 4.78 is 10.4. The van der Waals surface area contributed by atoms with Gasteiger partial charge in [0, 0.05) is 6.04 Å². The highest BCUT2D eigenvalue weighted by Gasteiger charge is 2.28. The maximum Gasteiger partial charge on any atom is 0.329 e. The molecule has 1 aromatic rings. The van der Waals surface area contributed by atoms with Gasteiger partial charge < -0.3 is 20.1 Å². The number of methoxy groups -OCH3 is 1. The average Bonchev–Trinajstić information content (AvgIpc) is 2.71. The Morgan fingerprint density at radius 3 is 2.48 bits per heavy atom. The van der Waals surface area contributed by atoms with Gasteiger partial charge in [0.1, 0.15) is 11.8 Å². The molecule has 0 aromatic heterocycles. The van der Waals surface area contributed by atoms with E-state index in [-0.39, 0.29) is 24.5 Å². The first kappa shape index (κ1) is 22.7. The molecule has 0 radical (unpaired) electrons. The Labute approximate surface area is 172 Å². The molecule has 1 aliphatic carbocycles. The van der Waals surface area contributed by atoms with Gasteiger partial charge in [-0.3, -0.25) is 9.59 Å². The molecular formula is C22H32N2O5. The van der Waals surface area contributed by atoms with Crippen LogP contribution in [0.25, 0.3) is 0 Å². The van der Waals surface area contributed by atoms with Crippen LogP contribution in [-0.4, -0.2) is 43.6 Å². The molecule has 0 heterocycles. The Morgan fingerprint density at radius 2 is 1.83 bits per heavy atom. The monoisotopic (exact) mass is 404 g/mol. The van der Waals surface area contributed by atoms with E-state index >= 15 is 0 Å². The first-order chi connectivity index (χ1) is 13.8. The minimum atomic E-state index is -0.867. The topological polar surface area (TPSA) is 93.7 Å². The molecule has 1 saturated carbocycles. The van der Waals surface area contributed by atoms with E-state index in [0.29, 0.717) is 17.2 Å². The maximum absolute atomic E-state index is 12.6. The van der Waals surface area contributed by atoms with Gasteiger partial charge in [-0.05, 0) is 36.8 Å². The molecule has 2 rings (SSSR count). The van der Waals surface area contributed by atoms with E-state index in [1.807, 2.05) is 0 Å². The van der Waals surface area contributed by atoms with Gasteiger partial charge in [0.05, 0.1) is 12.7 Å². The number of esters is 1. The lowest BCUT2D eigenvalue weighted by atomic mass is 9.86. The second-order valence-electron chi connectivity index (χ2n) is 7.94. The van der Waals surface area contributed by atoms with E-state index in [9.17, 15) is 14.4 Å². The molecule has 29 heavy (non-hydrogen) atoms. The van der Waals surface area contributed by atoms with Gasteiger partial charge in [0.25, 0.3) is 11.8 Å². The summed E-state index contributed by atoms with van der Waals surface area (Å²) >= 11 is 0. The molecule has 0 unspecified atom stereocenters. The SMILES string of the molecule is COc1ccccc1C(=O)N[C@H](C(=O)OCC(=O)N[C@@H]1CCCC[C@@H]1C)C(C)C. The Bertz CT molecular complexity index is 719. The van der Waals surface area contributed by atoms with E-state index in [4.69, 9.17) is 9.47 Å². The van der Waals surface area contributed by atoms with Crippen LogP contribution < -0.4 is 15.4 Å². The van der Waals surface area contributed by atoms with Crippen molar-refractivity contribution >= 4 is 17.8 Å². The van der Waals surface area contributed by atoms with Crippen molar-refractivity contribution in [3.05, 3.63) is 29.8 Å². The lowest BCUT2D eigenvalue weighted by Crippen LogP contribution is -2.47. The number of rotatable bonds is 8. The quantitative estimate of drug-likeness (QED) is 0.650. The lowest BCUT2D eigenvalue weighted by Gasteiger charge is -2.29. The predicted octanol–water partition coefficient (Wildman–Crippen LogP) is 2.69. The van der Waals surface area contributed by atoms with Crippen molar-refractivity contribution in [3.8, 4) is 5.75 Å². The summed E-state index contributed by atoms with van der Waals surface area (Å²) in [7, 11) is 1.48. The third-order valence-electron chi connectivity index (χ3n) is 5.36. The van der Waals surface area contributed by atoms with Crippen molar-refractivity contribution in [2.24, 2.45) is 11.8 Å². The van der Waals surface area contributed by atoms with Crippen molar-refractivity contribution in [3.63, 3.8) is 0 Å². The number of carbonyl (C=O) groups excluding carboxylic acids is 3. The Hall–Kier alpha value is -2.57. The van der Waals surface area contributed by atoms with Crippen LogP contribution in [0.4, 0.5) is 0 Å². The second-order valence-corrected chi connectivity index (χ2v) is 7.94. The van der Waals surface area contributed by atoms with Crippen LogP contribution >= 0.6 is 0 Å². The van der Waals surface area contributed by atoms with Gasteiger partial charge in [0.15, 0.2) is 6.61 Å². The molecule has 1 aliphatic rings. The second kappa shape index (κ2) is 10.8. The molecule has 0 aliphatic heterocycles. The molecule has 7 heteroatoms. The number of hydrogen-bond acceptors (Lipinski definition) is 5. The smallest absolute Gasteiger partial charge is 0.329 e. The van der Waals surface area contributed by atoms with E-state index in [2.05, 4.69) is 17.6 Å². The fraction of sp³-hybridized carbons (Fsp3) is 0.591. The van der Waals surface area contributed by atoms with Crippen LogP contribution in [-0.2, 0) is 14.3 Å². The molecule has 0 spiro atoms. The average molecular weight is 405 g/mol. The minimum absolute atomic E-state index is 0.126. The van der Waals surface area contributed by atoms with E-state index in [0.717, 1.165) is 19.3 Å². The molecule has 160 valence electrons. The lowest BCUT2D eigenvalue weighted by molar-refractivity contribution is -0.151. The van der Waals surface area contributed by atoms with E-state index < -0.39 is 17.9 Å². The van der Waals surface area contributed by atoms with Crippen LogP contribution in [0.3, 0.4) is 0 Å². The zero-order chi connectivity index (χ0) is 21.4. The molecule has 2 N–H and O–H groups in total. The summed E-state index contributed by atoms with van der Waals surface area (Å²) in [6.07, 6.45) is 4.32. The van der Waals surface area contributed by atoms with Crippen LogP contribution in [0.15, 0.2) is 24.3 Å². The number of amides is 2. The highest BCUT2D eigenvalue weighted by molar-refractivity contribution is 5.99. The maximum atomic E-state index is 12.6. The zero-order valence-electron chi connectivity index (χ0n) is 17.7. The molecule has 0 bridgehead atoms. The van der Waals surface area contributed by atoms with Crippen LogP contribution in [0.1, 0.15) is 56.8 Å². The molecular weight excluding hydrogens is 372 g/mol. The fourth-order valence-electron chi connectivity index (χ4n) is 3.55. The molecule has 1 fully saturated rings. The normalized spacial score (nSPS) is 19.9. The summed E-state index contributed by atoms with van der Waals surface area (Å²) in [6, 6.07) is 6.03. The van der Waals surface area contributed by atoms with Crippen molar-refractivity contribution < 1.29 is 23.9 Å². The number of nitrogens with one attached hydrogen (secondary N) is 2. The Morgan fingerprint density at radius 1 is 1.14 bits per heavy atom. The van der Waals surface area contributed by atoms with Gasteiger partial charge in [0.2, 0.25) is 0 Å². The van der Waals surface area contributed by atoms with Crippen molar-refractivity contribution in [1.29, 1.82) is 0 Å². The highest BCUT2D eigenvalue weighted by atomic mass is 16.5. The van der Waals surface area contributed by atoms with E-state index in [1.165, 1.54) is 13.5 Å². The third kappa shape index (κ3) is 6.48. The van der Waals surface area contributed by atoms with Crippen LogP contribution in [0.5, 0.6) is 5.75 Å². The summed E-state index contributed by atoms with van der Waals surface area (Å²) in [5, 5.41) is 5.65. The third-order valence-corrected chi connectivity index (χ3v) is 5.36. The predicted molar refractivity (Wildman–Crippen MR) is 110 cm³/mol. The number of para-hydroxylation sites is 1. The molecule has 0 saturated heterocycles. The summed E-state index contributed by atoms with van der Waals surface area (Å²) in [4.78, 5) is 37.3. The van der Waals surface area contributed by atoms with Crippen molar-refractivity contribution in [2.45, 2.75) is 58.5 Å². The van der Waals surface area contributed by atoms with Crippen LogP contribution in [0.2, 0.25) is 0 Å². The number of benzene rings is 1. The summed E-state index contributed by atoms with van der Waals surface area (Å²) in [6.45, 7) is 5.38. The summed E-state index contributed by atoms with van der Waals surface area (Å²) in [5.41, 5.74) is 0.331. The van der Waals surface area contributed by atoms with Gasteiger partial charge in [-0.15, -0.1) is 0 Å². The van der Waals surface area contributed by atoms with Gasteiger partial charge >= 0.3 is 5.97 Å².